The average molecular weight is 436 g/mol. The Morgan fingerprint density at radius 3 is 2.07 bits per heavy atom. The molecular formula is C20H25N3O6S. The van der Waals surface area contributed by atoms with Crippen molar-refractivity contribution in [2.45, 2.75) is 18.7 Å². The number of methoxy groups -OCH3 is 2. The van der Waals surface area contributed by atoms with E-state index in [0.717, 1.165) is 4.31 Å². The molecule has 0 aromatic heterocycles. The highest BCUT2D eigenvalue weighted by Gasteiger charge is 2.29. The maximum atomic E-state index is 13.1. The van der Waals surface area contributed by atoms with E-state index in [2.05, 4.69) is 10.6 Å². The second-order valence-electron chi connectivity index (χ2n) is 6.25. The number of hydrogen-bond donors (Lipinski definition) is 2. The number of nitrogens with zero attached hydrogens (tertiary/aromatic N) is 1. The second-order valence-corrected chi connectivity index (χ2v) is 8.16. The number of sulfonamides is 1. The zero-order valence-electron chi connectivity index (χ0n) is 17.3. The minimum Gasteiger partial charge on any atom is -0.497 e. The summed E-state index contributed by atoms with van der Waals surface area (Å²) >= 11 is 0. The maximum Gasteiger partial charge on any atom is 0.247 e. The number of anilines is 2. The van der Waals surface area contributed by atoms with Crippen LogP contribution in [0.1, 0.15) is 13.8 Å². The topological polar surface area (TPSA) is 114 Å². The summed E-state index contributed by atoms with van der Waals surface area (Å²) in [7, 11) is -1.21. The van der Waals surface area contributed by atoms with Gasteiger partial charge in [0.05, 0.1) is 20.8 Å². The predicted octanol–water partition coefficient (Wildman–Crippen LogP) is 2.31. The molecule has 0 aliphatic rings. The lowest BCUT2D eigenvalue weighted by Crippen LogP contribution is -2.38. The van der Waals surface area contributed by atoms with E-state index in [4.69, 9.17) is 9.47 Å². The Bertz CT molecular complexity index is 1010. The van der Waals surface area contributed by atoms with Gasteiger partial charge in [-0.2, -0.15) is 4.31 Å². The third-order valence-corrected chi connectivity index (χ3v) is 6.09. The quantitative estimate of drug-likeness (QED) is 0.625. The molecule has 2 amide bonds. The van der Waals surface area contributed by atoms with Crippen molar-refractivity contribution in [1.29, 1.82) is 0 Å². The van der Waals surface area contributed by atoms with E-state index in [1.165, 1.54) is 33.3 Å². The van der Waals surface area contributed by atoms with E-state index in [-0.39, 0.29) is 29.6 Å². The maximum absolute atomic E-state index is 13.1. The van der Waals surface area contributed by atoms with Crippen molar-refractivity contribution in [3.8, 4) is 11.5 Å². The van der Waals surface area contributed by atoms with Crippen LogP contribution >= 0.6 is 0 Å². The van der Waals surface area contributed by atoms with E-state index in [9.17, 15) is 18.0 Å². The molecule has 2 rings (SSSR count). The highest BCUT2D eigenvalue weighted by atomic mass is 32.2. The molecule has 0 atom stereocenters. The van der Waals surface area contributed by atoms with Crippen LogP contribution in [0.2, 0.25) is 0 Å². The first-order valence-corrected chi connectivity index (χ1v) is 10.5. The zero-order valence-corrected chi connectivity index (χ0v) is 18.1. The molecule has 2 aromatic rings. The van der Waals surface area contributed by atoms with Crippen molar-refractivity contribution in [3.63, 3.8) is 0 Å². The standard InChI is InChI=1S/C20H25N3O6S/c1-5-23(30(26,27)19-12-17(28-3)10-11-18(19)29-4)13-20(25)22-16-8-6-15(7-9-16)21-14(2)24/h6-12H,5,13H2,1-4H3,(H,21,24)(H,22,25). The van der Waals surface area contributed by atoms with Crippen LogP contribution < -0.4 is 20.1 Å². The van der Waals surface area contributed by atoms with Gasteiger partial charge in [-0.25, -0.2) is 8.42 Å². The third kappa shape index (κ3) is 5.71. The smallest absolute Gasteiger partial charge is 0.247 e. The molecule has 0 heterocycles. The molecule has 0 aliphatic heterocycles. The summed E-state index contributed by atoms with van der Waals surface area (Å²) in [5.74, 6) is -0.199. The summed E-state index contributed by atoms with van der Waals surface area (Å²) in [6.45, 7) is 2.73. The molecule has 0 bridgehead atoms. The number of rotatable bonds is 9. The first-order valence-electron chi connectivity index (χ1n) is 9.11. The van der Waals surface area contributed by atoms with Gasteiger partial charge in [0.25, 0.3) is 0 Å². The van der Waals surface area contributed by atoms with E-state index >= 15 is 0 Å². The van der Waals surface area contributed by atoms with E-state index in [1.807, 2.05) is 0 Å². The average Bonchev–Trinajstić information content (AvgIpc) is 2.72. The minimum absolute atomic E-state index is 0.0809. The normalized spacial score (nSPS) is 11.1. The Labute approximate surface area is 176 Å². The fraction of sp³-hybridized carbons (Fsp3) is 0.300. The van der Waals surface area contributed by atoms with Crippen LogP contribution in [0.3, 0.4) is 0 Å². The van der Waals surface area contributed by atoms with Gasteiger partial charge in [0.15, 0.2) is 0 Å². The van der Waals surface area contributed by atoms with Crippen molar-refractivity contribution in [1.82, 2.24) is 4.31 Å². The molecule has 30 heavy (non-hydrogen) atoms. The summed E-state index contributed by atoms with van der Waals surface area (Å²) in [5, 5.41) is 5.27. The number of nitrogens with one attached hydrogen (secondary N) is 2. The van der Waals surface area contributed by atoms with Crippen LogP contribution in [-0.4, -0.2) is 51.8 Å². The zero-order chi connectivity index (χ0) is 22.3. The number of carbonyl (C=O) groups is 2. The molecule has 0 saturated heterocycles. The molecule has 10 heteroatoms. The molecule has 2 N–H and O–H groups in total. The summed E-state index contributed by atoms with van der Waals surface area (Å²) in [5.41, 5.74) is 1.06. The van der Waals surface area contributed by atoms with E-state index < -0.39 is 15.9 Å². The molecule has 0 saturated carbocycles. The van der Waals surface area contributed by atoms with Gasteiger partial charge in [0.1, 0.15) is 16.4 Å². The van der Waals surface area contributed by atoms with Crippen molar-refractivity contribution < 1.29 is 27.5 Å². The predicted molar refractivity (Wildman–Crippen MR) is 113 cm³/mol. The van der Waals surface area contributed by atoms with Crippen LogP contribution in [0.15, 0.2) is 47.4 Å². The molecular weight excluding hydrogens is 410 g/mol. The lowest BCUT2D eigenvalue weighted by Gasteiger charge is -2.21. The Kier molecular flexibility index (Phi) is 7.79. The highest BCUT2D eigenvalue weighted by Crippen LogP contribution is 2.30. The SMILES string of the molecule is CCN(CC(=O)Nc1ccc(NC(C)=O)cc1)S(=O)(=O)c1cc(OC)ccc1OC. The van der Waals surface area contributed by atoms with Gasteiger partial charge < -0.3 is 20.1 Å². The first kappa shape index (κ1) is 23.2. The molecule has 0 unspecified atom stereocenters. The van der Waals surface area contributed by atoms with E-state index in [0.29, 0.717) is 17.1 Å². The molecule has 9 nitrogen and oxygen atoms in total. The summed E-state index contributed by atoms with van der Waals surface area (Å²) < 4.78 is 37.6. The van der Waals surface area contributed by atoms with Crippen molar-refractivity contribution >= 4 is 33.2 Å². The largest absolute Gasteiger partial charge is 0.497 e. The van der Waals surface area contributed by atoms with Gasteiger partial charge in [-0.05, 0) is 36.4 Å². The van der Waals surface area contributed by atoms with E-state index in [1.54, 1.807) is 37.3 Å². The number of likely N-dealkylation sites (N-methyl/N-ethyl adjacent to an activating group) is 1. The lowest BCUT2D eigenvalue weighted by atomic mass is 10.2. The molecule has 0 fully saturated rings. The molecule has 2 aromatic carbocycles. The first-order chi connectivity index (χ1) is 14.2. The molecule has 0 spiro atoms. The Balaban J connectivity index is 2.17. The third-order valence-electron chi connectivity index (χ3n) is 4.15. The Morgan fingerprint density at radius 2 is 1.57 bits per heavy atom. The number of hydrogen-bond acceptors (Lipinski definition) is 6. The number of ether oxygens (including phenoxy) is 2. The van der Waals surface area contributed by atoms with Crippen LogP contribution in [0, 0.1) is 0 Å². The monoisotopic (exact) mass is 435 g/mol. The van der Waals surface area contributed by atoms with Crippen LogP contribution in [-0.2, 0) is 19.6 Å². The van der Waals surface area contributed by atoms with Crippen LogP contribution in [0.25, 0.3) is 0 Å². The van der Waals surface area contributed by atoms with Crippen LogP contribution in [0.5, 0.6) is 11.5 Å². The summed E-state index contributed by atoms with van der Waals surface area (Å²) in [6.07, 6.45) is 0. The fourth-order valence-corrected chi connectivity index (χ4v) is 4.27. The van der Waals surface area contributed by atoms with Gasteiger partial charge in [-0.15, -0.1) is 0 Å². The number of carbonyl (C=O) groups excluding carboxylic acids is 2. The number of benzene rings is 2. The van der Waals surface area contributed by atoms with Gasteiger partial charge in [0.2, 0.25) is 21.8 Å². The van der Waals surface area contributed by atoms with Crippen molar-refractivity contribution in [3.05, 3.63) is 42.5 Å². The Hall–Kier alpha value is -3.11. The van der Waals surface area contributed by atoms with Crippen molar-refractivity contribution in [2.75, 3.05) is 37.9 Å². The van der Waals surface area contributed by atoms with Crippen LogP contribution in [0.4, 0.5) is 11.4 Å². The van der Waals surface area contributed by atoms with Crippen molar-refractivity contribution in [2.24, 2.45) is 0 Å². The minimum atomic E-state index is -4.01. The molecule has 162 valence electrons. The van der Waals surface area contributed by atoms with Gasteiger partial charge >= 0.3 is 0 Å². The molecule has 0 aliphatic carbocycles. The highest BCUT2D eigenvalue weighted by molar-refractivity contribution is 7.89. The van der Waals surface area contributed by atoms with Gasteiger partial charge in [-0.3, -0.25) is 9.59 Å². The molecule has 0 radical (unpaired) electrons. The van der Waals surface area contributed by atoms with Gasteiger partial charge in [0, 0.05) is 30.9 Å². The second kappa shape index (κ2) is 10.1. The summed E-state index contributed by atoms with van der Waals surface area (Å²) in [6, 6.07) is 10.9. The lowest BCUT2D eigenvalue weighted by molar-refractivity contribution is -0.116. The fourth-order valence-electron chi connectivity index (χ4n) is 2.69. The number of amides is 2. The Morgan fingerprint density at radius 1 is 0.967 bits per heavy atom. The van der Waals surface area contributed by atoms with Gasteiger partial charge in [-0.1, -0.05) is 6.92 Å². The summed E-state index contributed by atoms with van der Waals surface area (Å²) in [4.78, 5) is 23.4.